The summed E-state index contributed by atoms with van der Waals surface area (Å²) in [5.74, 6) is -0.117. The van der Waals surface area contributed by atoms with Gasteiger partial charge in [-0.3, -0.25) is 9.59 Å². The van der Waals surface area contributed by atoms with Crippen LogP contribution in [0.5, 0.6) is 0 Å². The molecule has 2 rings (SSSR count). The van der Waals surface area contributed by atoms with Gasteiger partial charge in [0.15, 0.2) is 0 Å². The lowest BCUT2D eigenvalue weighted by Gasteiger charge is -2.10. The van der Waals surface area contributed by atoms with Gasteiger partial charge in [-0.15, -0.1) is 0 Å². The molecule has 1 atom stereocenters. The summed E-state index contributed by atoms with van der Waals surface area (Å²) in [5, 5.41) is 15.3. The Morgan fingerprint density at radius 3 is 2.70 bits per heavy atom. The molecule has 1 saturated heterocycles. The zero-order chi connectivity index (χ0) is 16.5. The Bertz CT molecular complexity index is 512. The van der Waals surface area contributed by atoms with Gasteiger partial charge in [-0.2, -0.15) is 0 Å². The Labute approximate surface area is 136 Å². The second-order valence-electron chi connectivity index (χ2n) is 5.65. The van der Waals surface area contributed by atoms with Gasteiger partial charge in [0.25, 0.3) is 0 Å². The highest BCUT2D eigenvalue weighted by atomic mass is 16.2. The van der Waals surface area contributed by atoms with Gasteiger partial charge in [-0.1, -0.05) is 12.1 Å². The van der Waals surface area contributed by atoms with Gasteiger partial charge in [0, 0.05) is 38.4 Å². The number of amides is 2. The minimum atomic E-state index is -0.0966. The summed E-state index contributed by atoms with van der Waals surface area (Å²) in [6.07, 6.45) is 1.00. The van der Waals surface area contributed by atoms with Crippen LogP contribution in [0.1, 0.15) is 18.9 Å². The van der Waals surface area contributed by atoms with Crippen LogP contribution in [0.3, 0.4) is 0 Å². The zero-order valence-corrected chi connectivity index (χ0v) is 13.4. The van der Waals surface area contributed by atoms with Crippen LogP contribution in [-0.4, -0.2) is 44.2 Å². The summed E-state index contributed by atoms with van der Waals surface area (Å²) >= 11 is 0. The topological polar surface area (TPSA) is 94.3 Å². The lowest BCUT2D eigenvalue weighted by molar-refractivity contribution is -0.120. The molecule has 23 heavy (non-hydrogen) atoms. The quantitative estimate of drug-likeness (QED) is 0.426. The molecular formula is C16H25N5O2. The number of nitrogens with one attached hydrogen (secondary N) is 5. The Balaban J connectivity index is 1.59. The number of rotatable bonds is 8. The van der Waals surface area contributed by atoms with E-state index in [0.717, 1.165) is 37.4 Å². The molecule has 5 N–H and O–H groups in total. The number of anilines is 1. The fourth-order valence-corrected chi connectivity index (χ4v) is 2.39. The molecule has 2 amide bonds. The number of carbonyl (C=O) groups excluding carboxylic acids is 2. The van der Waals surface area contributed by atoms with Crippen LogP contribution in [0, 0.1) is 0 Å². The molecule has 1 unspecified atom stereocenters. The molecule has 0 bridgehead atoms. The van der Waals surface area contributed by atoms with E-state index in [1.807, 2.05) is 24.3 Å². The van der Waals surface area contributed by atoms with Crippen molar-refractivity contribution in [1.29, 1.82) is 0 Å². The summed E-state index contributed by atoms with van der Waals surface area (Å²) in [6.45, 7) is 4.95. The van der Waals surface area contributed by atoms with Crippen molar-refractivity contribution in [2.24, 2.45) is 0 Å². The standard InChI is InChI=1S/C16H25N5O2/c1-12(22)21-14-4-2-13(3-5-14)8-19-16(23)10-17-7-6-15-9-18-11-20-15/h2-5,15,17-18,20H,6-11H2,1H3,(H,19,23)(H,21,22). The maximum atomic E-state index is 11.8. The molecule has 7 nitrogen and oxygen atoms in total. The van der Waals surface area contributed by atoms with Crippen molar-refractivity contribution in [2.75, 3.05) is 31.6 Å². The maximum Gasteiger partial charge on any atom is 0.234 e. The second kappa shape index (κ2) is 9.24. The summed E-state index contributed by atoms with van der Waals surface area (Å²) in [6, 6.07) is 7.91. The number of carbonyl (C=O) groups is 2. The molecule has 1 aromatic carbocycles. The zero-order valence-electron chi connectivity index (χ0n) is 13.4. The highest BCUT2D eigenvalue weighted by Crippen LogP contribution is 2.09. The molecule has 0 saturated carbocycles. The van der Waals surface area contributed by atoms with E-state index >= 15 is 0 Å². The van der Waals surface area contributed by atoms with Crippen molar-refractivity contribution in [3.05, 3.63) is 29.8 Å². The summed E-state index contributed by atoms with van der Waals surface area (Å²) in [4.78, 5) is 22.7. The van der Waals surface area contributed by atoms with Crippen molar-refractivity contribution in [3.8, 4) is 0 Å². The predicted molar refractivity (Wildman–Crippen MR) is 89.9 cm³/mol. The van der Waals surface area contributed by atoms with Gasteiger partial charge >= 0.3 is 0 Å². The largest absolute Gasteiger partial charge is 0.351 e. The van der Waals surface area contributed by atoms with E-state index in [2.05, 4.69) is 26.6 Å². The molecule has 1 heterocycles. The van der Waals surface area contributed by atoms with Crippen LogP contribution in [0.15, 0.2) is 24.3 Å². The molecule has 0 spiro atoms. The molecule has 0 aliphatic carbocycles. The molecule has 1 aliphatic rings. The number of hydrogen-bond acceptors (Lipinski definition) is 5. The van der Waals surface area contributed by atoms with Crippen molar-refractivity contribution in [3.63, 3.8) is 0 Å². The van der Waals surface area contributed by atoms with Crippen molar-refractivity contribution < 1.29 is 9.59 Å². The average Bonchev–Trinajstić information content (AvgIpc) is 3.04. The average molecular weight is 319 g/mol. The minimum absolute atomic E-state index is 0.0200. The molecule has 1 aromatic rings. The normalized spacial score (nSPS) is 17.0. The molecule has 1 fully saturated rings. The summed E-state index contributed by atoms with van der Waals surface area (Å²) in [5.41, 5.74) is 1.75. The van der Waals surface area contributed by atoms with E-state index in [1.165, 1.54) is 6.92 Å². The molecule has 126 valence electrons. The van der Waals surface area contributed by atoms with Crippen LogP contribution in [0.4, 0.5) is 5.69 Å². The lowest BCUT2D eigenvalue weighted by atomic mass is 10.2. The first-order valence-corrected chi connectivity index (χ1v) is 7.91. The third-order valence-electron chi connectivity index (χ3n) is 3.63. The van der Waals surface area contributed by atoms with Crippen LogP contribution in [-0.2, 0) is 16.1 Å². The first-order valence-electron chi connectivity index (χ1n) is 7.91. The smallest absolute Gasteiger partial charge is 0.234 e. The van der Waals surface area contributed by atoms with Crippen LogP contribution in [0.2, 0.25) is 0 Å². The highest BCUT2D eigenvalue weighted by Gasteiger charge is 2.12. The molecule has 1 aliphatic heterocycles. The minimum Gasteiger partial charge on any atom is -0.351 e. The lowest BCUT2D eigenvalue weighted by Crippen LogP contribution is -2.36. The third-order valence-corrected chi connectivity index (χ3v) is 3.63. The van der Waals surface area contributed by atoms with E-state index in [-0.39, 0.29) is 11.8 Å². The molecule has 0 aromatic heterocycles. The fourth-order valence-electron chi connectivity index (χ4n) is 2.39. The van der Waals surface area contributed by atoms with Gasteiger partial charge in [-0.05, 0) is 30.7 Å². The van der Waals surface area contributed by atoms with Gasteiger partial charge in [0.1, 0.15) is 0 Å². The summed E-state index contributed by atoms with van der Waals surface area (Å²) < 4.78 is 0. The second-order valence-corrected chi connectivity index (χ2v) is 5.65. The Kier molecular flexibility index (Phi) is 6.99. The molecular weight excluding hydrogens is 294 g/mol. The van der Waals surface area contributed by atoms with Crippen molar-refractivity contribution in [1.82, 2.24) is 21.3 Å². The van der Waals surface area contributed by atoms with E-state index in [0.29, 0.717) is 19.1 Å². The SMILES string of the molecule is CC(=O)Nc1ccc(CNC(=O)CNCCC2CNCN2)cc1. The molecule has 0 radical (unpaired) electrons. The van der Waals surface area contributed by atoms with Crippen LogP contribution < -0.4 is 26.6 Å². The molecule has 7 heteroatoms. The van der Waals surface area contributed by atoms with Crippen LogP contribution in [0.25, 0.3) is 0 Å². The Morgan fingerprint density at radius 2 is 2.04 bits per heavy atom. The van der Waals surface area contributed by atoms with E-state index in [9.17, 15) is 9.59 Å². The third kappa shape index (κ3) is 6.77. The highest BCUT2D eigenvalue weighted by molar-refractivity contribution is 5.88. The van der Waals surface area contributed by atoms with Gasteiger partial charge in [0.2, 0.25) is 11.8 Å². The first kappa shape index (κ1) is 17.4. The van der Waals surface area contributed by atoms with E-state index < -0.39 is 0 Å². The fraction of sp³-hybridized carbons (Fsp3) is 0.500. The van der Waals surface area contributed by atoms with Gasteiger partial charge in [-0.25, -0.2) is 0 Å². The van der Waals surface area contributed by atoms with E-state index in [1.54, 1.807) is 0 Å². The number of benzene rings is 1. The van der Waals surface area contributed by atoms with Crippen LogP contribution >= 0.6 is 0 Å². The Hall–Kier alpha value is -1.96. The monoisotopic (exact) mass is 319 g/mol. The van der Waals surface area contributed by atoms with Gasteiger partial charge in [0.05, 0.1) is 6.54 Å². The predicted octanol–water partition coefficient (Wildman–Crippen LogP) is -0.240. The van der Waals surface area contributed by atoms with Gasteiger partial charge < -0.3 is 26.6 Å². The van der Waals surface area contributed by atoms with Crippen molar-refractivity contribution >= 4 is 17.5 Å². The van der Waals surface area contributed by atoms with E-state index in [4.69, 9.17) is 0 Å². The maximum absolute atomic E-state index is 11.8. The first-order chi connectivity index (χ1) is 11.1. The Morgan fingerprint density at radius 1 is 1.26 bits per heavy atom. The summed E-state index contributed by atoms with van der Waals surface area (Å²) in [7, 11) is 0. The number of hydrogen-bond donors (Lipinski definition) is 5. The van der Waals surface area contributed by atoms with Crippen molar-refractivity contribution in [2.45, 2.75) is 25.9 Å².